The molecule has 5 heteroatoms. The van der Waals surface area contributed by atoms with E-state index in [1.54, 1.807) is 48.4 Å². The quantitative estimate of drug-likeness (QED) is 0.507. The number of rotatable bonds is 8. The monoisotopic (exact) mass is 355 g/mol. The Morgan fingerprint density at radius 1 is 0.962 bits per heavy atom. The third-order valence-electron chi connectivity index (χ3n) is 4.12. The minimum atomic E-state index is -0.472. The average Bonchev–Trinajstić information content (AvgIpc) is 2.68. The maximum atomic E-state index is 13.0. The highest BCUT2D eigenvalue weighted by atomic mass is 16.5. The fourth-order valence-electron chi connectivity index (χ4n) is 2.74. The van der Waals surface area contributed by atoms with Crippen molar-refractivity contribution in [2.75, 3.05) is 19.1 Å². The Labute approximate surface area is 154 Å². The van der Waals surface area contributed by atoms with Gasteiger partial charge in [0.1, 0.15) is 5.75 Å². The molecular weight excluding hydrogens is 330 g/mol. The number of esters is 1. The van der Waals surface area contributed by atoms with Gasteiger partial charge in [0.25, 0.3) is 0 Å². The molecule has 0 atom stereocenters. The van der Waals surface area contributed by atoms with Crippen molar-refractivity contribution < 1.29 is 19.1 Å². The van der Waals surface area contributed by atoms with E-state index >= 15 is 0 Å². The van der Waals surface area contributed by atoms with Crippen LogP contribution in [0, 0.1) is 0 Å². The van der Waals surface area contributed by atoms with Crippen molar-refractivity contribution >= 4 is 23.3 Å². The van der Waals surface area contributed by atoms with E-state index in [4.69, 9.17) is 9.47 Å². The van der Waals surface area contributed by atoms with Crippen molar-refractivity contribution in [3.63, 3.8) is 0 Å². The number of carbonyl (C=O) groups excluding carboxylic acids is 2. The predicted molar refractivity (Wildman–Crippen MR) is 102 cm³/mol. The number of benzene rings is 2. The zero-order valence-electron chi connectivity index (χ0n) is 15.5. The Kier molecular flexibility index (Phi) is 7.21. The molecule has 0 aliphatic rings. The molecule has 0 spiro atoms. The minimum Gasteiger partial charge on any atom is -0.497 e. The van der Waals surface area contributed by atoms with Crippen LogP contribution in [0.25, 0.3) is 0 Å². The van der Waals surface area contributed by atoms with Gasteiger partial charge in [-0.25, -0.2) is 4.79 Å². The smallest absolute Gasteiger partial charge is 0.339 e. The summed E-state index contributed by atoms with van der Waals surface area (Å²) >= 11 is 0. The van der Waals surface area contributed by atoms with Crippen molar-refractivity contribution in [2.45, 2.75) is 32.6 Å². The number of nitrogens with zero attached hydrogens (tertiary/aromatic N) is 1. The van der Waals surface area contributed by atoms with E-state index in [0.29, 0.717) is 29.1 Å². The van der Waals surface area contributed by atoms with Gasteiger partial charge < -0.3 is 9.47 Å². The molecule has 1 amide bonds. The van der Waals surface area contributed by atoms with Crippen LogP contribution in [-0.2, 0) is 9.53 Å². The van der Waals surface area contributed by atoms with Crippen molar-refractivity contribution in [2.24, 2.45) is 0 Å². The highest BCUT2D eigenvalue weighted by molar-refractivity contribution is 6.06. The molecule has 5 nitrogen and oxygen atoms in total. The number of anilines is 2. The van der Waals surface area contributed by atoms with E-state index in [-0.39, 0.29) is 5.91 Å². The number of ether oxygens (including phenoxy) is 2. The number of hydrogen-bond donors (Lipinski definition) is 0. The van der Waals surface area contributed by atoms with Gasteiger partial charge in [-0.15, -0.1) is 0 Å². The molecule has 2 aromatic rings. The van der Waals surface area contributed by atoms with Gasteiger partial charge in [-0.1, -0.05) is 31.9 Å². The van der Waals surface area contributed by atoms with E-state index in [9.17, 15) is 9.59 Å². The van der Waals surface area contributed by atoms with Gasteiger partial charge in [-0.3, -0.25) is 9.69 Å². The summed E-state index contributed by atoms with van der Waals surface area (Å²) in [5.41, 5.74) is 1.56. The Morgan fingerprint density at radius 2 is 1.65 bits per heavy atom. The largest absolute Gasteiger partial charge is 0.497 e. The zero-order valence-corrected chi connectivity index (χ0v) is 15.5. The number of hydrogen-bond acceptors (Lipinski definition) is 4. The normalized spacial score (nSPS) is 10.3. The van der Waals surface area contributed by atoms with Crippen LogP contribution in [-0.4, -0.2) is 26.1 Å². The standard InChI is InChI=1S/C21H25NO4/c1-4-5-6-11-20(23)22(16-12-14-17(25-2)15-13-16)19-10-8-7-9-18(19)21(24)26-3/h7-10,12-15H,4-6,11H2,1-3H3. The fraction of sp³-hybridized carbons (Fsp3) is 0.333. The summed E-state index contributed by atoms with van der Waals surface area (Å²) in [6, 6.07) is 14.2. The summed E-state index contributed by atoms with van der Waals surface area (Å²) in [4.78, 5) is 26.7. The summed E-state index contributed by atoms with van der Waals surface area (Å²) in [6.07, 6.45) is 3.24. The number of para-hydroxylation sites is 1. The van der Waals surface area contributed by atoms with Crippen LogP contribution >= 0.6 is 0 Å². The van der Waals surface area contributed by atoms with Crippen LogP contribution in [0.2, 0.25) is 0 Å². The summed E-state index contributed by atoms with van der Waals surface area (Å²) < 4.78 is 10.1. The lowest BCUT2D eigenvalue weighted by Crippen LogP contribution is -2.27. The second kappa shape index (κ2) is 9.61. The van der Waals surface area contributed by atoms with Gasteiger partial charge >= 0.3 is 5.97 Å². The lowest BCUT2D eigenvalue weighted by atomic mass is 10.1. The first-order valence-corrected chi connectivity index (χ1v) is 8.76. The van der Waals surface area contributed by atoms with Crippen molar-refractivity contribution in [3.8, 4) is 5.75 Å². The number of carbonyl (C=O) groups is 2. The van der Waals surface area contributed by atoms with E-state index in [1.165, 1.54) is 7.11 Å². The summed E-state index contributed by atoms with van der Waals surface area (Å²) in [6.45, 7) is 2.10. The molecule has 138 valence electrons. The zero-order chi connectivity index (χ0) is 18.9. The van der Waals surface area contributed by atoms with Crippen LogP contribution in [0.1, 0.15) is 43.0 Å². The highest BCUT2D eigenvalue weighted by Gasteiger charge is 2.23. The average molecular weight is 355 g/mol. The van der Waals surface area contributed by atoms with Crippen LogP contribution < -0.4 is 9.64 Å². The molecule has 0 aliphatic carbocycles. The summed E-state index contributed by atoms with van der Waals surface area (Å²) in [5, 5.41) is 0. The molecule has 0 saturated heterocycles. The van der Waals surface area contributed by atoms with Gasteiger partial charge in [0.15, 0.2) is 0 Å². The Hall–Kier alpha value is -2.82. The summed E-state index contributed by atoms with van der Waals surface area (Å²) in [7, 11) is 2.93. The number of unbranched alkanes of at least 4 members (excludes halogenated alkanes) is 2. The molecule has 0 radical (unpaired) electrons. The van der Waals surface area contributed by atoms with Crippen LogP contribution in [0.15, 0.2) is 48.5 Å². The molecule has 0 saturated carbocycles. The molecule has 26 heavy (non-hydrogen) atoms. The molecule has 0 aliphatic heterocycles. The highest BCUT2D eigenvalue weighted by Crippen LogP contribution is 2.31. The topological polar surface area (TPSA) is 55.8 Å². The molecule has 0 N–H and O–H groups in total. The van der Waals surface area contributed by atoms with Crippen molar-refractivity contribution in [1.82, 2.24) is 0 Å². The molecule has 0 fully saturated rings. The van der Waals surface area contributed by atoms with E-state index in [2.05, 4.69) is 6.92 Å². The molecular formula is C21H25NO4. The molecule has 2 rings (SSSR count). The number of amides is 1. The minimum absolute atomic E-state index is 0.0556. The van der Waals surface area contributed by atoms with Gasteiger partial charge in [-0.05, 0) is 42.8 Å². The van der Waals surface area contributed by atoms with Gasteiger partial charge in [-0.2, -0.15) is 0 Å². The van der Waals surface area contributed by atoms with Crippen LogP contribution in [0.4, 0.5) is 11.4 Å². The lowest BCUT2D eigenvalue weighted by molar-refractivity contribution is -0.118. The molecule has 0 heterocycles. The second-order valence-electron chi connectivity index (χ2n) is 5.89. The predicted octanol–water partition coefficient (Wildman–Crippen LogP) is 4.73. The van der Waals surface area contributed by atoms with Crippen molar-refractivity contribution in [1.29, 1.82) is 0 Å². The van der Waals surface area contributed by atoms with Crippen molar-refractivity contribution in [3.05, 3.63) is 54.1 Å². The first kappa shape index (κ1) is 19.5. The maximum absolute atomic E-state index is 13.0. The molecule has 2 aromatic carbocycles. The van der Waals surface area contributed by atoms with E-state index < -0.39 is 5.97 Å². The van der Waals surface area contributed by atoms with Gasteiger partial charge in [0, 0.05) is 12.1 Å². The van der Waals surface area contributed by atoms with Crippen LogP contribution in [0.3, 0.4) is 0 Å². The Bertz CT molecular complexity index is 740. The molecule has 0 bridgehead atoms. The van der Waals surface area contributed by atoms with Gasteiger partial charge in [0.2, 0.25) is 5.91 Å². The Morgan fingerprint density at radius 3 is 2.27 bits per heavy atom. The molecule has 0 unspecified atom stereocenters. The van der Waals surface area contributed by atoms with Crippen LogP contribution in [0.5, 0.6) is 5.75 Å². The lowest BCUT2D eigenvalue weighted by Gasteiger charge is -2.25. The van der Waals surface area contributed by atoms with E-state index in [0.717, 1.165) is 19.3 Å². The summed E-state index contributed by atoms with van der Waals surface area (Å²) in [5.74, 6) is 0.175. The van der Waals surface area contributed by atoms with Gasteiger partial charge in [0.05, 0.1) is 25.5 Å². The fourth-order valence-corrected chi connectivity index (χ4v) is 2.74. The first-order valence-electron chi connectivity index (χ1n) is 8.76. The second-order valence-corrected chi connectivity index (χ2v) is 5.89. The third-order valence-corrected chi connectivity index (χ3v) is 4.12. The SMILES string of the molecule is CCCCCC(=O)N(c1ccc(OC)cc1)c1ccccc1C(=O)OC. The third kappa shape index (κ3) is 4.63. The first-order chi connectivity index (χ1) is 12.6. The van der Waals surface area contributed by atoms with E-state index in [1.807, 2.05) is 12.1 Å². The number of methoxy groups -OCH3 is 2. The molecule has 0 aromatic heterocycles. The maximum Gasteiger partial charge on any atom is 0.339 e. The Balaban J connectivity index is 2.46.